The Morgan fingerprint density at radius 2 is 1.95 bits per heavy atom. The van der Waals surface area contributed by atoms with Crippen molar-refractivity contribution in [2.75, 3.05) is 0 Å². The number of aryl methyl sites for hydroxylation is 1. The lowest BCUT2D eigenvalue weighted by atomic mass is 10.0. The van der Waals surface area contributed by atoms with E-state index in [1.54, 1.807) is 19.3 Å². The third kappa shape index (κ3) is 2.85. The summed E-state index contributed by atoms with van der Waals surface area (Å²) in [6.07, 6.45) is 5.74. The van der Waals surface area contributed by atoms with E-state index in [4.69, 9.17) is 0 Å². The largest absolute Gasteiger partial charge is 0.310 e. The highest BCUT2D eigenvalue weighted by Crippen LogP contribution is 2.26. The zero-order chi connectivity index (χ0) is 14.1. The summed E-state index contributed by atoms with van der Waals surface area (Å²) in [7, 11) is 0. The van der Waals surface area contributed by atoms with Crippen LogP contribution in [-0.4, -0.2) is 11.0 Å². The van der Waals surface area contributed by atoms with Crippen molar-refractivity contribution in [1.82, 2.24) is 10.3 Å². The van der Waals surface area contributed by atoms with Crippen LogP contribution in [0.4, 0.5) is 8.78 Å². The fourth-order valence-corrected chi connectivity index (χ4v) is 2.15. The molecule has 0 bridgehead atoms. The second-order valence-corrected chi connectivity index (χ2v) is 5.32. The molecule has 0 spiro atoms. The van der Waals surface area contributed by atoms with E-state index in [-0.39, 0.29) is 5.56 Å². The predicted molar refractivity (Wildman–Crippen MR) is 74.2 cm³/mol. The number of aromatic nitrogens is 1. The van der Waals surface area contributed by atoms with Crippen molar-refractivity contribution in [3.05, 3.63) is 53.4 Å². The van der Waals surface area contributed by atoms with Crippen molar-refractivity contribution in [1.29, 1.82) is 0 Å². The SMILES string of the molecule is Cc1cc(F)c(-c2cncc(CNC3CC3)c2)cc1F. The smallest absolute Gasteiger partial charge is 0.131 e. The first kappa shape index (κ1) is 13.2. The Bertz CT molecular complexity index is 636. The minimum Gasteiger partial charge on any atom is -0.310 e. The maximum atomic E-state index is 14.0. The van der Waals surface area contributed by atoms with Crippen LogP contribution in [0.1, 0.15) is 24.0 Å². The number of nitrogens with zero attached hydrogens (tertiary/aromatic N) is 1. The number of rotatable bonds is 4. The van der Waals surface area contributed by atoms with Gasteiger partial charge in [-0.25, -0.2) is 8.78 Å². The van der Waals surface area contributed by atoms with Gasteiger partial charge in [0.05, 0.1) is 0 Å². The van der Waals surface area contributed by atoms with E-state index in [9.17, 15) is 8.78 Å². The van der Waals surface area contributed by atoms with Crippen molar-refractivity contribution < 1.29 is 8.78 Å². The molecule has 1 aliphatic carbocycles. The van der Waals surface area contributed by atoms with Crippen LogP contribution in [0.3, 0.4) is 0 Å². The molecule has 2 aromatic rings. The van der Waals surface area contributed by atoms with Crippen LogP contribution in [0.25, 0.3) is 11.1 Å². The Balaban J connectivity index is 1.89. The molecule has 0 aliphatic heterocycles. The molecule has 0 saturated heterocycles. The Morgan fingerprint density at radius 3 is 2.70 bits per heavy atom. The normalized spacial score (nSPS) is 14.6. The average Bonchev–Trinajstić information content (AvgIpc) is 3.25. The Morgan fingerprint density at radius 1 is 1.15 bits per heavy atom. The minimum absolute atomic E-state index is 0.258. The number of pyridine rings is 1. The molecule has 0 unspecified atom stereocenters. The van der Waals surface area contributed by atoms with Crippen LogP contribution in [0.5, 0.6) is 0 Å². The lowest BCUT2D eigenvalue weighted by Crippen LogP contribution is -2.15. The molecule has 1 fully saturated rings. The van der Waals surface area contributed by atoms with Gasteiger partial charge in [-0.1, -0.05) is 0 Å². The first-order valence-corrected chi connectivity index (χ1v) is 6.77. The summed E-state index contributed by atoms with van der Waals surface area (Å²) < 4.78 is 27.6. The highest BCUT2D eigenvalue weighted by Gasteiger charge is 2.20. The number of halogens is 2. The first-order chi connectivity index (χ1) is 9.63. The monoisotopic (exact) mass is 274 g/mol. The predicted octanol–water partition coefficient (Wildman–Crippen LogP) is 3.59. The minimum atomic E-state index is -0.419. The number of hydrogen-bond donors (Lipinski definition) is 1. The summed E-state index contributed by atoms with van der Waals surface area (Å²) in [6.45, 7) is 2.26. The quantitative estimate of drug-likeness (QED) is 0.921. The van der Waals surface area contributed by atoms with E-state index < -0.39 is 11.6 Å². The Kier molecular flexibility index (Phi) is 3.49. The zero-order valence-electron chi connectivity index (χ0n) is 11.3. The molecule has 2 nitrogen and oxygen atoms in total. The van der Waals surface area contributed by atoms with Crippen LogP contribution >= 0.6 is 0 Å². The van der Waals surface area contributed by atoms with E-state index >= 15 is 0 Å². The van der Waals surface area contributed by atoms with Crippen LogP contribution in [0.15, 0.2) is 30.6 Å². The van der Waals surface area contributed by atoms with Gasteiger partial charge in [-0.2, -0.15) is 0 Å². The van der Waals surface area contributed by atoms with Crippen molar-refractivity contribution in [2.45, 2.75) is 32.4 Å². The molecule has 0 amide bonds. The first-order valence-electron chi connectivity index (χ1n) is 6.77. The topological polar surface area (TPSA) is 24.9 Å². The Hall–Kier alpha value is -1.81. The molecular weight excluding hydrogens is 258 g/mol. The van der Waals surface area contributed by atoms with Crippen LogP contribution in [-0.2, 0) is 6.54 Å². The maximum Gasteiger partial charge on any atom is 0.131 e. The fraction of sp³-hybridized carbons (Fsp3) is 0.312. The average molecular weight is 274 g/mol. The summed E-state index contributed by atoms with van der Waals surface area (Å²) >= 11 is 0. The van der Waals surface area contributed by atoms with E-state index in [1.807, 2.05) is 6.07 Å². The molecule has 4 heteroatoms. The molecule has 3 rings (SSSR count). The summed E-state index contributed by atoms with van der Waals surface area (Å²) in [5, 5.41) is 3.38. The summed E-state index contributed by atoms with van der Waals surface area (Å²) in [5.41, 5.74) is 2.16. The standard InChI is InChI=1S/C16H16F2N2/c1-10-4-16(18)14(6-15(10)17)12-5-11(7-19-9-12)8-20-13-2-3-13/h4-7,9,13,20H,2-3,8H2,1H3. The molecule has 104 valence electrons. The molecule has 0 atom stereocenters. The van der Waals surface area contributed by atoms with Crippen molar-refractivity contribution in [3.63, 3.8) is 0 Å². The van der Waals surface area contributed by atoms with Gasteiger partial charge >= 0.3 is 0 Å². The molecule has 1 N–H and O–H groups in total. The molecule has 0 radical (unpaired) electrons. The number of hydrogen-bond acceptors (Lipinski definition) is 2. The zero-order valence-corrected chi connectivity index (χ0v) is 11.3. The second kappa shape index (κ2) is 5.29. The molecule has 20 heavy (non-hydrogen) atoms. The van der Waals surface area contributed by atoms with Gasteiger partial charge in [-0.3, -0.25) is 4.98 Å². The van der Waals surface area contributed by atoms with Crippen molar-refractivity contribution >= 4 is 0 Å². The molecular formula is C16H16F2N2. The summed E-state index contributed by atoms with van der Waals surface area (Å²) in [4.78, 5) is 4.12. The fourth-order valence-electron chi connectivity index (χ4n) is 2.15. The van der Waals surface area contributed by atoms with Crippen LogP contribution in [0.2, 0.25) is 0 Å². The lowest BCUT2D eigenvalue weighted by molar-refractivity contribution is 0.595. The molecule has 1 aromatic carbocycles. The third-order valence-corrected chi connectivity index (χ3v) is 3.53. The van der Waals surface area contributed by atoms with Gasteiger partial charge in [0.1, 0.15) is 11.6 Å². The lowest BCUT2D eigenvalue weighted by Gasteiger charge is -2.08. The second-order valence-electron chi connectivity index (χ2n) is 5.32. The van der Waals surface area contributed by atoms with E-state index in [0.717, 1.165) is 5.56 Å². The van der Waals surface area contributed by atoms with Crippen LogP contribution < -0.4 is 5.32 Å². The molecule has 1 aromatic heterocycles. The van der Waals surface area contributed by atoms with Gasteiger partial charge in [0.25, 0.3) is 0 Å². The highest BCUT2D eigenvalue weighted by atomic mass is 19.1. The van der Waals surface area contributed by atoms with Gasteiger partial charge < -0.3 is 5.32 Å². The van der Waals surface area contributed by atoms with Gasteiger partial charge in [-0.05, 0) is 49.1 Å². The maximum absolute atomic E-state index is 14.0. The van der Waals surface area contributed by atoms with Gasteiger partial charge in [0.15, 0.2) is 0 Å². The van der Waals surface area contributed by atoms with E-state index in [0.29, 0.717) is 23.7 Å². The molecule has 1 saturated carbocycles. The number of benzene rings is 1. The van der Waals surface area contributed by atoms with E-state index in [2.05, 4.69) is 10.3 Å². The third-order valence-electron chi connectivity index (χ3n) is 3.53. The number of nitrogens with one attached hydrogen (secondary N) is 1. The molecule has 1 aliphatic rings. The summed E-state index contributed by atoms with van der Waals surface area (Å²) in [6, 6.07) is 4.92. The van der Waals surface area contributed by atoms with Crippen molar-refractivity contribution in [2.24, 2.45) is 0 Å². The van der Waals surface area contributed by atoms with E-state index in [1.165, 1.54) is 25.0 Å². The van der Waals surface area contributed by atoms with Crippen LogP contribution in [0, 0.1) is 18.6 Å². The van der Waals surface area contributed by atoms with Gasteiger partial charge in [0.2, 0.25) is 0 Å². The Labute approximate surface area is 116 Å². The summed E-state index contributed by atoms with van der Waals surface area (Å²) in [5.74, 6) is -0.819. The van der Waals surface area contributed by atoms with Gasteiger partial charge in [-0.15, -0.1) is 0 Å². The highest BCUT2D eigenvalue weighted by molar-refractivity contribution is 5.64. The van der Waals surface area contributed by atoms with Crippen molar-refractivity contribution in [3.8, 4) is 11.1 Å². The van der Waals surface area contributed by atoms with Gasteiger partial charge in [0, 0.05) is 36.1 Å². The molecule has 1 heterocycles.